The summed E-state index contributed by atoms with van der Waals surface area (Å²) >= 11 is 0. The Morgan fingerprint density at radius 2 is 1.92 bits per heavy atom. The number of rotatable bonds is 6. The van der Waals surface area contributed by atoms with E-state index in [1.807, 2.05) is 30.3 Å². The van der Waals surface area contributed by atoms with Crippen LogP contribution in [-0.4, -0.2) is 41.2 Å². The summed E-state index contributed by atoms with van der Waals surface area (Å²) in [5, 5.41) is 13.1. The first-order valence-electron chi connectivity index (χ1n) is 8.76. The van der Waals surface area contributed by atoms with Gasteiger partial charge in [-0.25, -0.2) is 4.79 Å². The number of carbonyl (C=O) groups is 3. The van der Waals surface area contributed by atoms with E-state index >= 15 is 0 Å². The highest BCUT2D eigenvalue weighted by Crippen LogP contribution is 2.63. The number of amides is 1. The first-order chi connectivity index (χ1) is 12.4. The molecule has 2 fully saturated rings. The predicted octanol–water partition coefficient (Wildman–Crippen LogP) is 0.795. The second kappa shape index (κ2) is 7.07. The number of aliphatic hydroxyl groups is 1. The van der Waals surface area contributed by atoms with Crippen LogP contribution in [0.2, 0.25) is 0 Å². The molecule has 5 atom stereocenters. The van der Waals surface area contributed by atoms with Crippen molar-refractivity contribution >= 4 is 17.8 Å². The minimum absolute atomic E-state index is 0.0230. The summed E-state index contributed by atoms with van der Waals surface area (Å²) in [4.78, 5) is 36.8. The van der Waals surface area contributed by atoms with Gasteiger partial charge in [-0.3, -0.25) is 9.59 Å². The normalized spacial score (nSPS) is 31.7. The van der Waals surface area contributed by atoms with Gasteiger partial charge in [0.2, 0.25) is 5.91 Å². The van der Waals surface area contributed by atoms with E-state index in [2.05, 4.69) is 5.32 Å². The zero-order valence-electron chi connectivity index (χ0n) is 14.8. The van der Waals surface area contributed by atoms with Gasteiger partial charge in [0, 0.05) is 12.8 Å². The second-order valence-electron chi connectivity index (χ2n) is 6.83. The molecule has 0 aliphatic heterocycles. The lowest BCUT2D eigenvalue weighted by Gasteiger charge is -2.34. The Morgan fingerprint density at radius 3 is 2.54 bits per heavy atom. The molecule has 0 spiro atoms. The van der Waals surface area contributed by atoms with Crippen LogP contribution in [0.4, 0.5) is 0 Å². The largest absolute Gasteiger partial charge is 0.466 e. The van der Waals surface area contributed by atoms with Gasteiger partial charge < -0.3 is 19.9 Å². The highest BCUT2D eigenvalue weighted by Gasteiger charge is 2.76. The van der Waals surface area contributed by atoms with Gasteiger partial charge in [-0.15, -0.1) is 0 Å². The molecule has 1 amide bonds. The Morgan fingerprint density at radius 1 is 1.23 bits per heavy atom. The standard InChI is InChI=1S/C19H23NO6/c1-3-25-17(23)15-13-9-14(22)19(16(13)15,20-11(2)21)18(24)26-10-12-7-5-4-6-8-12/h4-8,13-16,22H,3,9-10H2,1-2H3,(H,20,21)/t13-,14-,15-,16-,19-/m0/s1. The van der Waals surface area contributed by atoms with E-state index < -0.39 is 41.3 Å². The molecule has 0 unspecified atom stereocenters. The van der Waals surface area contributed by atoms with Crippen LogP contribution in [-0.2, 0) is 30.5 Å². The van der Waals surface area contributed by atoms with Crippen LogP contribution in [0.3, 0.4) is 0 Å². The molecule has 7 heteroatoms. The predicted molar refractivity (Wildman–Crippen MR) is 90.5 cm³/mol. The molecular formula is C19H23NO6. The third kappa shape index (κ3) is 3.07. The van der Waals surface area contributed by atoms with Crippen molar-refractivity contribution in [2.75, 3.05) is 6.61 Å². The SMILES string of the molecule is CCOC(=O)[C@H]1[C@@H]2C[C@H](O)[C@@](NC(C)=O)(C(=O)OCc3ccccc3)[C@@H]21. The number of aliphatic hydroxyl groups excluding tert-OH is 1. The summed E-state index contributed by atoms with van der Waals surface area (Å²) in [5.74, 6) is -2.79. The van der Waals surface area contributed by atoms with Gasteiger partial charge in [0.1, 0.15) is 6.61 Å². The molecule has 3 rings (SSSR count). The summed E-state index contributed by atoms with van der Waals surface area (Å²) in [6.45, 7) is 3.24. The average Bonchev–Trinajstić information content (AvgIpc) is 3.25. The van der Waals surface area contributed by atoms with Crippen molar-refractivity contribution in [1.29, 1.82) is 0 Å². The lowest BCUT2D eigenvalue weighted by molar-refractivity contribution is -0.162. The Labute approximate surface area is 151 Å². The summed E-state index contributed by atoms with van der Waals surface area (Å²) < 4.78 is 10.5. The molecule has 1 aromatic carbocycles. The van der Waals surface area contributed by atoms with Gasteiger partial charge >= 0.3 is 11.9 Å². The van der Waals surface area contributed by atoms with E-state index in [4.69, 9.17) is 9.47 Å². The maximum Gasteiger partial charge on any atom is 0.335 e. The first kappa shape index (κ1) is 18.4. The number of ether oxygens (including phenoxy) is 2. The van der Waals surface area contributed by atoms with Crippen LogP contribution < -0.4 is 5.32 Å². The Hall–Kier alpha value is -2.41. The van der Waals surface area contributed by atoms with Crippen molar-refractivity contribution in [1.82, 2.24) is 5.32 Å². The van der Waals surface area contributed by atoms with Crippen LogP contribution in [0.25, 0.3) is 0 Å². The second-order valence-corrected chi connectivity index (χ2v) is 6.83. The molecule has 1 aromatic rings. The van der Waals surface area contributed by atoms with E-state index in [1.165, 1.54) is 6.92 Å². The van der Waals surface area contributed by atoms with Crippen LogP contribution in [0, 0.1) is 17.8 Å². The molecule has 2 N–H and O–H groups in total. The van der Waals surface area contributed by atoms with Crippen LogP contribution in [0.5, 0.6) is 0 Å². The van der Waals surface area contributed by atoms with Gasteiger partial charge in [-0.2, -0.15) is 0 Å². The molecule has 140 valence electrons. The molecule has 7 nitrogen and oxygen atoms in total. The summed E-state index contributed by atoms with van der Waals surface area (Å²) in [7, 11) is 0. The molecule has 2 aliphatic carbocycles. The van der Waals surface area contributed by atoms with Gasteiger partial charge in [0.05, 0.1) is 18.6 Å². The number of fused-ring (bicyclic) bond motifs is 1. The molecule has 0 saturated heterocycles. The Balaban J connectivity index is 1.80. The van der Waals surface area contributed by atoms with Crippen LogP contribution in [0.15, 0.2) is 30.3 Å². The van der Waals surface area contributed by atoms with Gasteiger partial charge in [-0.05, 0) is 24.8 Å². The van der Waals surface area contributed by atoms with E-state index in [0.717, 1.165) is 5.56 Å². The quantitative estimate of drug-likeness (QED) is 0.727. The van der Waals surface area contributed by atoms with E-state index in [-0.39, 0.29) is 25.6 Å². The van der Waals surface area contributed by atoms with Gasteiger partial charge in [-0.1, -0.05) is 30.3 Å². The molecule has 0 heterocycles. The molecule has 2 aliphatic rings. The van der Waals surface area contributed by atoms with Crippen molar-refractivity contribution in [3.05, 3.63) is 35.9 Å². The number of benzene rings is 1. The smallest absolute Gasteiger partial charge is 0.335 e. The number of hydrogen-bond acceptors (Lipinski definition) is 6. The minimum Gasteiger partial charge on any atom is -0.466 e. The highest BCUT2D eigenvalue weighted by molar-refractivity contribution is 5.92. The Bertz CT molecular complexity index is 705. The zero-order valence-corrected chi connectivity index (χ0v) is 14.8. The van der Waals surface area contributed by atoms with E-state index in [1.54, 1.807) is 6.92 Å². The number of nitrogens with one attached hydrogen (secondary N) is 1. The number of hydrogen-bond donors (Lipinski definition) is 2. The average molecular weight is 361 g/mol. The van der Waals surface area contributed by atoms with Crippen molar-refractivity contribution < 1.29 is 29.0 Å². The monoisotopic (exact) mass is 361 g/mol. The zero-order chi connectivity index (χ0) is 18.9. The summed E-state index contributed by atoms with van der Waals surface area (Å²) in [6.07, 6.45) is -0.857. The maximum atomic E-state index is 12.9. The number of esters is 2. The molecule has 0 aromatic heterocycles. The molecule has 26 heavy (non-hydrogen) atoms. The molecular weight excluding hydrogens is 338 g/mol. The van der Waals surface area contributed by atoms with E-state index in [9.17, 15) is 19.5 Å². The highest BCUT2D eigenvalue weighted by atomic mass is 16.5. The third-order valence-electron chi connectivity index (χ3n) is 5.21. The van der Waals surface area contributed by atoms with Crippen LogP contribution in [0.1, 0.15) is 25.8 Å². The van der Waals surface area contributed by atoms with Crippen molar-refractivity contribution in [2.24, 2.45) is 17.8 Å². The number of carbonyl (C=O) groups excluding carboxylic acids is 3. The summed E-state index contributed by atoms with van der Waals surface area (Å²) in [6, 6.07) is 9.12. The topological polar surface area (TPSA) is 102 Å². The Kier molecular flexibility index (Phi) is 5.00. The fraction of sp³-hybridized carbons (Fsp3) is 0.526. The maximum absolute atomic E-state index is 12.9. The van der Waals surface area contributed by atoms with E-state index in [0.29, 0.717) is 0 Å². The molecule has 0 radical (unpaired) electrons. The van der Waals surface area contributed by atoms with Crippen molar-refractivity contribution in [2.45, 2.75) is 38.5 Å². The minimum atomic E-state index is -1.61. The van der Waals surface area contributed by atoms with Crippen molar-refractivity contribution in [3.63, 3.8) is 0 Å². The van der Waals surface area contributed by atoms with Crippen LogP contribution >= 0.6 is 0 Å². The lowest BCUT2D eigenvalue weighted by Crippen LogP contribution is -2.62. The fourth-order valence-electron chi connectivity index (χ4n) is 4.14. The van der Waals surface area contributed by atoms with Gasteiger partial charge in [0.25, 0.3) is 0 Å². The van der Waals surface area contributed by atoms with Crippen molar-refractivity contribution in [3.8, 4) is 0 Å². The third-order valence-corrected chi connectivity index (χ3v) is 5.21. The molecule has 2 saturated carbocycles. The lowest BCUT2D eigenvalue weighted by atomic mass is 9.87. The van der Waals surface area contributed by atoms with Gasteiger partial charge in [0.15, 0.2) is 5.54 Å². The summed E-state index contributed by atoms with van der Waals surface area (Å²) in [5.41, 5.74) is -0.816. The fourth-order valence-corrected chi connectivity index (χ4v) is 4.14. The first-order valence-corrected chi connectivity index (χ1v) is 8.76. The molecule has 0 bridgehead atoms.